The predicted octanol–water partition coefficient (Wildman–Crippen LogP) is 2.64. The molecule has 0 N–H and O–H groups in total. The van der Waals surface area contributed by atoms with Crippen molar-refractivity contribution < 1.29 is 13.9 Å². The van der Waals surface area contributed by atoms with Crippen LogP contribution in [0.2, 0.25) is 0 Å². The van der Waals surface area contributed by atoms with Crippen molar-refractivity contribution in [2.24, 2.45) is 0 Å². The van der Waals surface area contributed by atoms with Gasteiger partial charge in [-0.1, -0.05) is 0 Å². The second kappa shape index (κ2) is 4.89. The van der Waals surface area contributed by atoms with Gasteiger partial charge in [-0.3, -0.25) is 0 Å². The Hall–Kier alpha value is -1.41. The molecule has 0 unspecified atom stereocenters. The van der Waals surface area contributed by atoms with E-state index in [-0.39, 0.29) is 22.2 Å². The number of rotatable bonds is 2. The van der Waals surface area contributed by atoms with Gasteiger partial charge < -0.3 is 4.74 Å². The van der Waals surface area contributed by atoms with E-state index in [0.717, 1.165) is 6.07 Å². The monoisotopic (exact) mass is 271 g/mol. The molecule has 5 heteroatoms. The summed E-state index contributed by atoms with van der Waals surface area (Å²) in [7, 11) is 0. The molecule has 0 atom stereocenters. The van der Waals surface area contributed by atoms with E-state index >= 15 is 0 Å². The number of nitrogens with zero attached hydrogens (tertiary/aromatic N) is 1. The molecule has 0 aliphatic rings. The summed E-state index contributed by atoms with van der Waals surface area (Å²) in [5.74, 6) is -1.51. The lowest BCUT2D eigenvalue weighted by atomic mass is 10.1. The molecule has 15 heavy (non-hydrogen) atoms. The van der Waals surface area contributed by atoms with Gasteiger partial charge >= 0.3 is 5.97 Å². The van der Waals surface area contributed by atoms with Crippen molar-refractivity contribution in [1.29, 1.82) is 5.26 Å². The number of nitriles is 1. The lowest BCUT2D eigenvalue weighted by Gasteiger charge is -2.05. The van der Waals surface area contributed by atoms with Gasteiger partial charge in [-0.05, 0) is 35.0 Å². The topological polar surface area (TPSA) is 50.1 Å². The van der Waals surface area contributed by atoms with Gasteiger partial charge in [-0.25, -0.2) is 9.18 Å². The first-order valence-corrected chi connectivity index (χ1v) is 4.95. The third kappa shape index (κ3) is 2.54. The van der Waals surface area contributed by atoms with E-state index in [1.165, 1.54) is 6.07 Å². The summed E-state index contributed by atoms with van der Waals surface area (Å²) in [6.07, 6.45) is 0. The van der Waals surface area contributed by atoms with Crippen LogP contribution in [0.3, 0.4) is 0 Å². The fourth-order valence-corrected chi connectivity index (χ4v) is 1.63. The van der Waals surface area contributed by atoms with E-state index in [2.05, 4.69) is 20.7 Å². The van der Waals surface area contributed by atoms with Crippen LogP contribution < -0.4 is 0 Å². The van der Waals surface area contributed by atoms with E-state index in [1.807, 2.05) is 0 Å². The minimum Gasteiger partial charge on any atom is -0.462 e. The number of carbonyl (C=O) groups is 1. The number of esters is 1. The summed E-state index contributed by atoms with van der Waals surface area (Å²) < 4.78 is 18.3. The number of halogens is 2. The van der Waals surface area contributed by atoms with Crippen LogP contribution in [0.15, 0.2) is 16.6 Å². The fraction of sp³-hybridized carbons (Fsp3) is 0.200. The largest absolute Gasteiger partial charge is 0.462 e. The molecule has 0 fully saturated rings. The van der Waals surface area contributed by atoms with Crippen molar-refractivity contribution in [3.8, 4) is 6.07 Å². The second-order valence-corrected chi connectivity index (χ2v) is 3.50. The van der Waals surface area contributed by atoms with E-state index in [9.17, 15) is 9.18 Å². The molecule has 0 saturated heterocycles. The lowest BCUT2D eigenvalue weighted by Crippen LogP contribution is -2.08. The number of benzene rings is 1. The van der Waals surface area contributed by atoms with Crippen LogP contribution in [-0.4, -0.2) is 12.6 Å². The maximum Gasteiger partial charge on any atom is 0.342 e. The van der Waals surface area contributed by atoms with Crippen LogP contribution in [0.1, 0.15) is 22.8 Å². The van der Waals surface area contributed by atoms with E-state index in [0.29, 0.717) is 0 Å². The molecule has 0 aromatic heterocycles. The summed E-state index contributed by atoms with van der Waals surface area (Å²) in [6, 6.07) is 4.15. The minimum atomic E-state index is -0.764. The summed E-state index contributed by atoms with van der Waals surface area (Å²) in [5, 5.41) is 8.57. The molecule has 1 rings (SSSR count). The number of hydrogen-bond donors (Lipinski definition) is 0. The fourth-order valence-electron chi connectivity index (χ4n) is 1.04. The summed E-state index contributed by atoms with van der Waals surface area (Å²) in [6.45, 7) is 1.80. The Morgan fingerprint density at radius 2 is 2.33 bits per heavy atom. The first-order chi connectivity index (χ1) is 7.10. The molecular weight excluding hydrogens is 265 g/mol. The van der Waals surface area contributed by atoms with Gasteiger partial charge in [-0.15, -0.1) is 0 Å². The molecule has 0 spiro atoms. The highest BCUT2D eigenvalue weighted by Gasteiger charge is 2.17. The van der Waals surface area contributed by atoms with Gasteiger partial charge in [0.05, 0.1) is 18.2 Å². The van der Waals surface area contributed by atoms with Crippen LogP contribution in [0.25, 0.3) is 0 Å². The zero-order valence-corrected chi connectivity index (χ0v) is 9.47. The van der Waals surface area contributed by atoms with Crippen LogP contribution >= 0.6 is 15.9 Å². The smallest absolute Gasteiger partial charge is 0.342 e. The molecule has 1 aromatic rings. The number of hydrogen-bond acceptors (Lipinski definition) is 3. The van der Waals surface area contributed by atoms with E-state index in [1.54, 1.807) is 13.0 Å². The van der Waals surface area contributed by atoms with Gasteiger partial charge in [0, 0.05) is 4.47 Å². The first-order valence-electron chi connectivity index (χ1n) is 4.16. The van der Waals surface area contributed by atoms with Gasteiger partial charge in [0.1, 0.15) is 11.4 Å². The molecule has 1 aromatic carbocycles. The maximum atomic E-state index is 13.4. The average Bonchev–Trinajstić information content (AvgIpc) is 2.16. The molecule has 0 saturated carbocycles. The van der Waals surface area contributed by atoms with Crippen molar-refractivity contribution in [2.75, 3.05) is 6.61 Å². The summed E-state index contributed by atoms with van der Waals surface area (Å²) >= 11 is 3.02. The normalized spacial score (nSPS) is 9.47. The molecule has 0 aliphatic heterocycles. The van der Waals surface area contributed by atoms with Crippen molar-refractivity contribution in [3.63, 3.8) is 0 Å². The Kier molecular flexibility index (Phi) is 3.81. The Balaban J connectivity index is 3.21. The zero-order valence-electron chi connectivity index (χ0n) is 7.88. The van der Waals surface area contributed by atoms with Gasteiger partial charge in [0.2, 0.25) is 0 Å². The lowest BCUT2D eigenvalue weighted by molar-refractivity contribution is 0.0520. The van der Waals surface area contributed by atoms with Gasteiger partial charge in [-0.2, -0.15) is 5.26 Å². The van der Waals surface area contributed by atoms with Crippen molar-refractivity contribution in [1.82, 2.24) is 0 Å². The molecule has 0 heterocycles. The zero-order chi connectivity index (χ0) is 11.4. The standard InChI is InChI=1S/C10H7BrFNO2/c1-2-15-10(14)9-7(11)3-6(5-13)4-8(9)12/h3-4H,2H2,1H3. The third-order valence-corrected chi connectivity index (χ3v) is 2.28. The molecule has 0 radical (unpaired) electrons. The van der Waals surface area contributed by atoms with Gasteiger partial charge in [0.15, 0.2) is 0 Å². The maximum absolute atomic E-state index is 13.4. The van der Waals surface area contributed by atoms with Gasteiger partial charge in [0.25, 0.3) is 0 Å². The Morgan fingerprint density at radius 3 is 2.80 bits per heavy atom. The van der Waals surface area contributed by atoms with E-state index in [4.69, 9.17) is 5.26 Å². The van der Waals surface area contributed by atoms with Crippen molar-refractivity contribution in [3.05, 3.63) is 33.5 Å². The summed E-state index contributed by atoms with van der Waals surface area (Å²) in [4.78, 5) is 11.3. The van der Waals surface area contributed by atoms with Crippen LogP contribution in [0.4, 0.5) is 4.39 Å². The summed E-state index contributed by atoms with van der Waals surface area (Å²) in [5.41, 5.74) is -0.0386. The molecule has 3 nitrogen and oxygen atoms in total. The first kappa shape index (κ1) is 11.7. The van der Waals surface area contributed by atoms with Crippen LogP contribution in [-0.2, 0) is 4.74 Å². The highest BCUT2D eigenvalue weighted by atomic mass is 79.9. The Bertz CT molecular complexity index is 417. The second-order valence-electron chi connectivity index (χ2n) is 2.65. The van der Waals surface area contributed by atoms with E-state index < -0.39 is 11.8 Å². The number of carbonyl (C=O) groups excluding carboxylic acids is 1. The number of ether oxygens (including phenoxy) is 1. The molecule has 0 amide bonds. The highest BCUT2D eigenvalue weighted by Crippen LogP contribution is 2.22. The van der Waals surface area contributed by atoms with Crippen molar-refractivity contribution >= 4 is 21.9 Å². The average molecular weight is 272 g/mol. The minimum absolute atomic E-state index is 0.146. The molecule has 0 bridgehead atoms. The SMILES string of the molecule is CCOC(=O)c1c(F)cc(C#N)cc1Br. The Labute approximate surface area is 94.6 Å². The van der Waals surface area contributed by atoms with Crippen molar-refractivity contribution in [2.45, 2.75) is 6.92 Å². The predicted molar refractivity (Wildman–Crippen MR) is 54.8 cm³/mol. The highest BCUT2D eigenvalue weighted by molar-refractivity contribution is 9.10. The molecule has 0 aliphatic carbocycles. The molecule has 78 valence electrons. The van der Waals surface area contributed by atoms with Crippen LogP contribution in [0, 0.1) is 17.1 Å². The quantitative estimate of drug-likeness (QED) is 0.777. The Morgan fingerprint density at radius 1 is 1.67 bits per heavy atom. The molecular formula is C10H7BrFNO2. The third-order valence-electron chi connectivity index (χ3n) is 1.65. The van der Waals surface area contributed by atoms with Crippen LogP contribution in [0.5, 0.6) is 0 Å².